The Kier molecular flexibility index (Phi) is 2.08. The largest absolute Gasteiger partial charge is 0.384 e. The number of aromatic amines is 1. The Hall–Kier alpha value is -2.03. The number of benzene rings is 1. The Morgan fingerprint density at radius 1 is 1.35 bits per heavy atom. The van der Waals surface area contributed by atoms with E-state index in [2.05, 4.69) is 42.0 Å². The molecule has 0 aliphatic heterocycles. The zero-order chi connectivity index (χ0) is 12.0. The van der Waals surface area contributed by atoms with Crippen LogP contribution in [0.5, 0.6) is 0 Å². The molecule has 0 fully saturated rings. The van der Waals surface area contributed by atoms with Gasteiger partial charge < -0.3 is 10.7 Å². The molecule has 0 saturated heterocycles. The lowest BCUT2D eigenvalue weighted by Crippen LogP contribution is -1.95. The highest BCUT2D eigenvalue weighted by atomic mass is 14.9. The highest BCUT2D eigenvalue weighted by Gasteiger charge is 2.10. The molecule has 0 atom stereocenters. The Bertz CT molecular complexity index is 710. The Morgan fingerprint density at radius 3 is 2.94 bits per heavy atom. The number of fused-ring (bicyclic) bond motifs is 3. The quantitative estimate of drug-likeness (QED) is 0.668. The third kappa shape index (κ3) is 1.39. The zero-order valence-electron chi connectivity index (χ0n) is 10.0. The SMILES string of the molecule is CCc1nc(N)cc2c1[nH]c1cccc(C)c12. The van der Waals surface area contributed by atoms with Gasteiger partial charge in [0.25, 0.3) is 0 Å². The number of nitrogens with zero attached hydrogens (tertiary/aromatic N) is 1. The molecule has 0 aliphatic carbocycles. The van der Waals surface area contributed by atoms with Crippen LogP contribution in [0.4, 0.5) is 5.82 Å². The first-order valence-electron chi connectivity index (χ1n) is 5.87. The van der Waals surface area contributed by atoms with E-state index in [1.54, 1.807) is 0 Å². The monoisotopic (exact) mass is 225 g/mol. The minimum atomic E-state index is 0.596. The maximum Gasteiger partial charge on any atom is 0.124 e. The Morgan fingerprint density at radius 2 is 2.18 bits per heavy atom. The molecule has 3 aromatic rings. The van der Waals surface area contributed by atoms with E-state index < -0.39 is 0 Å². The van der Waals surface area contributed by atoms with Gasteiger partial charge in [-0.05, 0) is 31.0 Å². The van der Waals surface area contributed by atoms with E-state index >= 15 is 0 Å². The summed E-state index contributed by atoms with van der Waals surface area (Å²) in [6.45, 7) is 4.22. The molecule has 0 amide bonds. The second-order valence-corrected chi connectivity index (χ2v) is 4.39. The van der Waals surface area contributed by atoms with Gasteiger partial charge in [-0.15, -0.1) is 0 Å². The molecule has 3 rings (SSSR count). The molecular formula is C14H15N3. The van der Waals surface area contributed by atoms with Crippen LogP contribution in [0.3, 0.4) is 0 Å². The molecule has 0 unspecified atom stereocenters. The van der Waals surface area contributed by atoms with Gasteiger partial charge in [0.15, 0.2) is 0 Å². The summed E-state index contributed by atoms with van der Waals surface area (Å²) in [5.41, 5.74) is 10.4. The van der Waals surface area contributed by atoms with Crippen molar-refractivity contribution in [2.24, 2.45) is 0 Å². The highest BCUT2D eigenvalue weighted by molar-refractivity contribution is 6.10. The van der Waals surface area contributed by atoms with Gasteiger partial charge in [0.05, 0.1) is 11.2 Å². The number of H-pyrrole nitrogens is 1. The van der Waals surface area contributed by atoms with Crippen LogP contribution >= 0.6 is 0 Å². The van der Waals surface area contributed by atoms with Gasteiger partial charge >= 0.3 is 0 Å². The summed E-state index contributed by atoms with van der Waals surface area (Å²) < 4.78 is 0. The Balaban J connectivity index is 2.57. The predicted molar refractivity (Wildman–Crippen MR) is 72.1 cm³/mol. The molecule has 0 bridgehead atoms. The van der Waals surface area contributed by atoms with Crippen LogP contribution in [-0.4, -0.2) is 9.97 Å². The van der Waals surface area contributed by atoms with Crippen LogP contribution in [0.15, 0.2) is 24.3 Å². The van der Waals surface area contributed by atoms with Crippen LogP contribution in [0.2, 0.25) is 0 Å². The number of hydrogen-bond acceptors (Lipinski definition) is 2. The van der Waals surface area contributed by atoms with E-state index in [4.69, 9.17) is 5.73 Å². The summed E-state index contributed by atoms with van der Waals surface area (Å²) in [6.07, 6.45) is 0.882. The molecule has 0 saturated carbocycles. The molecule has 0 spiro atoms. The number of anilines is 1. The fourth-order valence-corrected chi connectivity index (χ4v) is 2.48. The minimum Gasteiger partial charge on any atom is -0.384 e. The molecule has 86 valence electrons. The van der Waals surface area contributed by atoms with Gasteiger partial charge in [0, 0.05) is 16.3 Å². The second kappa shape index (κ2) is 3.48. The summed E-state index contributed by atoms with van der Waals surface area (Å²) in [5.74, 6) is 0.596. The van der Waals surface area contributed by atoms with Crippen LogP contribution in [0.1, 0.15) is 18.2 Å². The van der Waals surface area contributed by atoms with Crippen molar-refractivity contribution in [1.29, 1.82) is 0 Å². The van der Waals surface area contributed by atoms with Crippen molar-refractivity contribution in [3.63, 3.8) is 0 Å². The van der Waals surface area contributed by atoms with Crippen molar-refractivity contribution in [1.82, 2.24) is 9.97 Å². The topological polar surface area (TPSA) is 54.7 Å². The highest BCUT2D eigenvalue weighted by Crippen LogP contribution is 2.30. The predicted octanol–water partition coefficient (Wildman–Crippen LogP) is 3.17. The van der Waals surface area contributed by atoms with Gasteiger partial charge in [-0.25, -0.2) is 4.98 Å². The third-order valence-corrected chi connectivity index (χ3v) is 3.25. The van der Waals surface area contributed by atoms with Crippen molar-refractivity contribution >= 4 is 27.6 Å². The molecule has 3 heteroatoms. The van der Waals surface area contributed by atoms with Crippen molar-refractivity contribution in [3.05, 3.63) is 35.5 Å². The number of nitrogens with two attached hydrogens (primary N) is 1. The number of hydrogen-bond donors (Lipinski definition) is 2. The first-order valence-corrected chi connectivity index (χ1v) is 5.87. The molecule has 0 aliphatic rings. The number of pyridine rings is 1. The number of nitrogen functional groups attached to an aromatic ring is 1. The van der Waals surface area contributed by atoms with Crippen LogP contribution in [-0.2, 0) is 6.42 Å². The van der Waals surface area contributed by atoms with Gasteiger partial charge in [-0.2, -0.15) is 0 Å². The van der Waals surface area contributed by atoms with E-state index in [1.165, 1.54) is 16.3 Å². The number of nitrogens with one attached hydrogen (secondary N) is 1. The molecule has 2 aromatic heterocycles. The van der Waals surface area contributed by atoms with E-state index in [0.29, 0.717) is 5.82 Å². The van der Waals surface area contributed by atoms with Gasteiger partial charge in [-0.1, -0.05) is 19.1 Å². The molecule has 17 heavy (non-hydrogen) atoms. The van der Waals surface area contributed by atoms with E-state index in [9.17, 15) is 0 Å². The summed E-state index contributed by atoms with van der Waals surface area (Å²) in [6, 6.07) is 8.24. The maximum atomic E-state index is 5.88. The molecular weight excluding hydrogens is 210 g/mol. The molecule has 1 aromatic carbocycles. The van der Waals surface area contributed by atoms with Crippen LogP contribution in [0.25, 0.3) is 21.8 Å². The smallest absolute Gasteiger partial charge is 0.124 e. The fraction of sp³-hybridized carbons (Fsp3) is 0.214. The zero-order valence-corrected chi connectivity index (χ0v) is 10.0. The van der Waals surface area contributed by atoms with Crippen molar-refractivity contribution in [3.8, 4) is 0 Å². The average Bonchev–Trinajstić information content (AvgIpc) is 2.67. The third-order valence-electron chi connectivity index (χ3n) is 3.25. The number of aryl methyl sites for hydroxylation is 2. The van der Waals surface area contributed by atoms with Crippen molar-refractivity contribution < 1.29 is 0 Å². The number of aromatic nitrogens is 2. The first-order chi connectivity index (χ1) is 8.20. The fourth-order valence-electron chi connectivity index (χ4n) is 2.48. The molecule has 3 N–H and O–H groups in total. The maximum absolute atomic E-state index is 5.88. The first kappa shape index (κ1) is 10.1. The standard InChI is InChI=1S/C14H15N3/c1-3-10-14-9(7-12(15)16-10)13-8(2)5-4-6-11(13)17-14/h4-7,17H,3H2,1-2H3,(H2,15,16). The lowest BCUT2D eigenvalue weighted by atomic mass is 10.1. The number of rotatable bonds is 1. The van der Waals surface area contributed by atoms with E-state index in [1.807, 2.05) is 6.07 Å². The molecule has 2 heterocycles. The summed E-state index contributed by atoms with van der Waals surface area (Å²) >= 11 is 0. The average molecular weight is 225 g/mol. The summed E-state index contributed by atoms with van der Waals surface area (Å²) in [5, 5.41) is 2.44. The molecule has 0 radical (unpaired) electrons. The van der Waals surface area contributed by atoms with Gasteiger partial charge in [0.1, 0.15) is 5.82 Å². The van der Waals surface area contributed by atoms with E-state index in [-0.39, 0.29) is 0 Å². The second-order valence-electron chi connectivity index (χ2n) is 4.39. The Labute approximate surface area is 99.7 Å². The van der Waals surface area contributed by atoms with Crippen molar-refractivity contribution in [2.75, 3.05) is 5.73 Å². The van der Waals surface area contributed by atoms with E-state index in [0.717, 1.165) is 23.1 Å². The molecule has 3 nitrogen and oxygen atoms in total. The lowest BCUT2D eigenvalue weighted by Gasteiger charge is -2.01. The van der Waals surface area contributed by atoms with Gasteiger partial charge in [-0.3, -0.25) is 0 Å². The summed E-state index contributed by atoms with van der Waals surface area (Å²) in [4.78, 5) is 7.84. The van der Waals surface area contributed by atoms with Crippen molar-refractivity contribution in [2.45, 2.75) is 20.3 Å². The van der Waals surface area contributed by atoms with Crippen LogP contribution in [0, 0.1) is 6.92 Å². The summed E-state index contributed by atoms with van der Waals surface area (Å²) in [7, 11) is 0. The van der Waals surface area contributed by atoms with Crippen LogP contribution < -0.4 is 5.73 Å². The lowest BCUT2D eigenvalue weighted by molar-refractivity contribution is 1.06. The minimum absolute atomic E-state index is 0.596. The normalized spacial score (nSPS) is 11.4. The van der Waals surface area contributed by atoms with Gasteiger partial charge in [0.2, 0.25) is 0 Å².